The van der Waals surface area contributed by atoms with Gasteiger partial charge in [0.15, 0.2) is 5.82 Å². The first kappa shape index (κ1) is 27.5. The van der Waals surface area contributed by atoms with Crippen LogP contribution in [0.25, 0.3) is 10.2 Å². The van der Waals surface area contributed by atoms with Gasteiger partial charge in [0.25, 0.3) is 5.91 Å². The Morgan fingerprint density at radius 1 is 1.15 bits per heavy atom. The van der Waals surface area contributed by atoms with E-state index in [9.17, 15) is 4.79 Å². The standard InChI is InChI=1S/C28H31IN6O3S/c1-16-7-9-35(10-8-16)13-18-5-6-22(30-12-18)33-27-26-25(31-15-32-27)19(14-39-26)28(36)34-24-17(2)20(37-3)11-21(38-4)23(24)29/h5-6,11-12,14-16H,7-10,13H2,1-4H3,(H,34,36)(H,30,31,32,33). The lowest BCUT2D eigenvalue weighted by atomic mass is 9.99. The number of anilines is 3. The van der Waals surface area contributed by atoms with Gasteiger partial charge in [-0.15, -0.1) is 11.3 Å². The molecule has 4 aromatic rings. The highest BCUT2D eigenvalue weighted by Gasteiger charge is 2.22. The van der Waals surface area contributed by atoms with E-state index in [1.165, 1.54) is 36.1 Å². The number of hydrogen-bond acceptors (Lipinski definition) is 9. The lowest BCUT2D eigenvalue weighted by molar-refractivity contribution is 0.102. The van der Waals surface area contributed by atoms with Crippen LogP contribution in [-0.4, -0.2) is 53.1 Å². The number of likely N-dealkylation sites (tertiary alicyclic amines) is 1. The third-order valence-corrected chi connectivity index (χ3v) is 9.12. The first-order chi connectivity index (χ1) is 18.9. The number of nitrogens with one attached hydrogen (secondary N) is 2. The quantitative estimate of drug-likeness (QED) is 0.215. The lowest BCUT2D eigenvalue weighted by Crippen LogP contribution is -2.32. The molecule has 4 heterocycles. The Morgan fingerprint density at radius 3 is 2.62 bits per heavy atom. The minimum absolute atomic E-state index is 0.267. The molecule has 204 valence electrons. The summed E-state index contributed by atoms with van der Waals surface area (Å²) in [5, 5.41) is 8.14. The molecular weight excluding hydrogens is 627 g/mol. The maximum absolute atomic E-state index is 13.4. The van der Waals surface area contributed by atoms with Crippen LogP contribution in [0.1, 0.15) is 41.3 Å². The van der Waals surface area contributed by atoms with E-state index < -0.39 is 0 Å². The van der Waals surface area contributed by atoms with Crippen LogP contribution in [0.4, 0.5) is 17.3 Å². The average molecular weight is 659 g/mol. The molecule has 11 heteroatoms. The zero-order chi connectivity index (χ0) is 27.5. The summed E-state index contributed by atoms with van der Waals surface area (Å²) in [5.41, 5.74) is 3.70. The van der Waals surface area contributed by atoms with E-state index in [4.69, 9.17) is 9.47 Å². The van der Waals surface area contributed by atoms with Crippen LogP contribution < -0.4 is 20.1 Å². The number of ether oxygens (including phenoxy) is 2. The first-order valence-corrected chi connectivity index (χ1v) is 14.7. The molecule has 0 saturated carbocycles. The van der Waals surface area contributed by atoms with Crippen molar-refractivity contribution >= 4 is 67.4 Å². The summed E-state index contributed by atoms with van der Waals surface area (Å²) < 4.78 is 12.5. The van der Waals surface area contributed by atoms with E-state index in [-0.39, 0.29) is 5.91 Å². The summed E-state index contributed by atoms with van der Waals surface area (Å²) in [4.78, 5) is 29.3. The summed E-state index contributed by atoms with van der Waals surface area (Å²) in [6.45, 7) is 7.42. The molecule has 0 unspecified atom stereocenters. The number of carbonyl (C=O) groups is 1. The number of pyridine rings is 1. The Balaban J connectivity index is 1.33. The normalized spacial score (nSPS) is 14.4. The molecule has 1 saturated heterocycles. The van der Waals surface area contributed by atoms with E-state index >= 15 is 0 Å². The maximum Gasteiger partial charge on any atom is 0.258 e. The van der Waals surface area contributed by atoms with Crippen molar-refractivity contribution < 1.29 is 14.3 Å². The Bertz CT molecular complexity index is 1460. The number of aromatic nitrogens is 3. The van der Waals surface area contributed by atoms with Crippen LogP contribution in [0.2, 0.25) is 0 Å². The molecule has 0 radical (unpaired) electrons. The molecule has 5 rings (SSSR count). The van der Waals surface area contributed by atoms with Gasteiger partial charge in [-0.3, -0.25) is 9.69 Å². The predicted molar refractivity (Wildman–Crippen MR) is 164 cm³/mol. The largest absolute Gasteiger partial charge is 0.496 e. The van der Waals surface area contributed by atoms with Crippen LogP contribution in [0, 0.1) is 16.4 Å². The van der Waals surface area contributed by atoms with Crippen LogP contribution in [0.15, 0.2) is 36.1 Å². The zero-order valence-electron chi connectivity index (χ0n) is 22.4. The molecule has 0 atom stereocenters. The van der Waals surface area contributed by atoms with Crippen molar-refractivity contribution in [2.75, 3.05) is 37.9 Å². The third-order valence-electron chi connectivity index (χ3n) is 7.07. The number of nitrogens with zero attached hydrogens (tertiary/aromatic N) is 4. The second kappa shape index (κ2) is 12.0. The van der Waals surface area contributed by atoms with Gasteiger partial charge in [0.05, 0.1) is 39.3 Å². The van der Waals surface area contributed by atoms with E-state index in [0.29, 0.717) is 39.9 Å². The van der Waals surface area contributed by atoms with Crippen molar-refractivity contribution in [2.45, 2.75) is 33.2 Å². The molecule has 0 bridgehead atoms. The number of hydrogen-bond donors (Lipinski definition) is 2. The topological polar surface area (TPSA) is 102 Å². The summed E-state index contributed by atoms with van der Waals surface area (Å²) in [7, 11) is 3.18. The van der Waals surface area contributed by atoms with Gasteiger partial charge in [-0.2, -0.15) is 0 Å². The van der Waals surface area contributed by atoms with Crippen molar-refractivity contribution in [3.05, 3.63) is 56.4 Å². The Kier molecular flexibility index (Phi) is 8.48. The molecule has 1 aliphatic heterocycles. The van der Waals surface area contributed by atoms with Gasteiger partial charge in [-0.1, -0.05) is 13.0 Å². The number of fused-ring (bicyclic) bond motifs is 1. The fraction of sp³-hybridized carbons (Fsp3) is 0.357. The minimum atomic E-state index is -0.267. The van der Waals surface area contributed by atoms with Crippen molar-refractivity contribution in [1.29, 1.82) is 0 Å². The number of rotatable bonds is 8. The molecule has 1 aromatic carbocycles. The van der Waals surface area contributed by atoms with Crippen LogP contribution >= 0.6 is 33.9 Å². The third kappa shape index (κ3) is 5.94. The van der Waals surface area contributed by atoms with Crippen LogP contribution in [0.5, 0.6) is 11.5 Å². The smallest absolute Gasteiger partial charge is 0.258 e. The number of thiophene rings is 1. The highest BCUT2D eigenvalue weighted by atomic mass is 127. The summed E-state index contributed by atoms with van der Waals surface area (Å²) in [5.74, 6) is 3.12. The number of piperidine rings is 1. The van der Waals surface area contributed by atoms with Crippen molar-refractivity contribution in [1.82, 2.24) is 19.9 Å². The van der Waals surface area contributed by atoms with E-state index in [1.54, 1.807) is 19.6 Å². The first-order valence-electron chi connectivity index (χ1n) is 12.8. The molecule has 39 heavy (non-hydrogen) atoms. The number of benzene rings is 1. The summed E-state index contributed by atoms with van der Waals surface area (Å²) in [6.07, 6.45) is 5.89. The number of halogens is 1. The molecule has 0 spiro atoms. The molecule has 2 N–H and O–H groups in total. The van der Waals surface area contributed by atoms with E-state index in [0.717, 1.165) is 39.4 Å². The van der Waals surface area contributed by atoms with Crippen molar-refractivity contribution in [3.8, 4) is 11.5 Å². The Morgan fingerprint density at radius 2 is 1.92 bits per heavy atom. The fourth-order valence-corrected chi connectivity index (χ4v) is 6.54. The molecule has 1 aliphatic rings. The van der Waals surface area contributed by atoms with Crippen LogP contribution in [-0.2, 0) is 6.54 Å². The van der Waals surface area contributed by atoms with Crippen molar-refractivity contribution in [3.63, 3.8) is 0 Å². The zero-order valence-corrected chi connectivity index (χ0v) is 25.4. The SMILES string of the molecule is COc1cc(OC)c(I)c(NC(=O)c2csc3c(Nc4ccc(CN5CCC(C)CC5)cn4)ncnc23)c1C. The van der Waals surface area contributed by atoms with Crippen molar-refractivity contribution in [2.24, 2.45) is 5.92 Å². The number of carbonyl (C=O) groups excluding carboxylic acids is 1. The van der Waals surface area contributed by atoms with Gasteiger partial charge < -0.3 is 20.1 Å². The highest BCUT2D eigenvalue weighted by molar-refractivity contribution is 14.1. The van der Waals surface area contributed by atoms with Gasteiger partial charge in [-0.25, -0.2) is 15.0 Å². The van der Waals surface area contributed by atoms with Gasteiger partial charge in [0.2, 0.25) is 0 Å². The number of amides is 1. The second-order valence-corrected chi connectivity index (χ2v) is 11.7. The predicted octanol–water partition coefficient (Wildman–Crippen LogP) is 6.24. The van der Waals surface area contributed by atoms with Gasteiger partial charge in [-0.05, 0) is 73.0 Å². The lowest BCUT2D eigenvalue weighted by Gasteiger charge is -2.30. The summed E-state index contributed by atoms with van der Waals surface area (Å²) in [6, 6.07) is 5.88. The van der Waals surface area contributed by atoms with Gasteiger partial charge in [0.1, 0.15) is 23.6 Å². The molecule has 9 nitrogen and oxygen atoms in total. The number of methoxy groups -OCH3 is 2. The second-order valence-electron chi connectivity index (χ2n) is 9.73. The monoisotopic (exact) mass is 658 g/mol. The highest BCUT2D eigenvalue weighted by Crippen LogP contribution is 2.39. The molecule has 1 fully saturated rings. The summed E-state index contributed by atoms with van der Waals surface area (Å²) >= 11 is 3.58. The fourth-order valence-electron chi connectivity index (χ4n) is 4.68. The van der Waals surface area contributed by atoms with E-state index in [1.807, 2.05) is 25.3 Å². The maximum atomic E-state index is 13.4. The average Bonchev–Trinajstić information content (AvgIpc) is 3.39. The van der Waals surface area contributed by atoms with Gasteiger partial charge in [0, 0.05) is 29.8 Å². The molecule has 1 amide bonds. The molecular formula is C28H31IN6O3S. The van der Waals surface area contributed by atoms with Gasteiger partial charge >= 0.3 is 0 Å². The molecule has 3 aromatic heterocycles. The Hall–Kier alpha value is -3.03. The van der Waals surface area contributed by atoms with Crippen LogP contribution in [0.3, 0.4) is 0 Å². The minimum Gasteiger partial charge on any atom is -0.496 e. The Labute approximate surface area is 245 Å². The van der Waals surface area contributed by atoms with E-state index in [2.05, 4.69) is 66.1 Å². The molecule has 0 aliphatic carbocycles.